The summed E-state index contributed by atoms with van der Waals surface area (Å²) in [5.74, 6) is 0.814. The van der Waals surface area contributed by atoms with E-state index in [0.29, 0.717) is 5.02 Å². The number of hydrogen-bond acceptors (Lipinski definition) is 3. The van der Waals surface area contributed by atoms with Crippen LogP contribution < -0.4 is 15.4 Å². The topological polar surface area (TPSA) is 33.3 Å². The molecule has 3 nitrogen and oxygen atoms in total. The largest absolute Gasteiger partial charge is 0.489 e. The minimum absolute atomic E-state index is 0.119. The summed E-state index contributed by atoms with van der Waals surface area (Å²) >= 11 is 5.91. The monoisotopic (exact) mass is 284 g/mol. The summed E-state index contributed by atoms with van der Waals surface area (Å²) < 4.78 is 5.78. The molecule has 108 valence electrons. The second-order valence-corrected chi connectivity index (χ2v) is 6.20. The number of rotatable bonds is 7. The maximum Gasteiger partial charge on any atom is 0.121 e. The van der Waals surface area contributed by atoms with Gasteiger partial charge in [-0.25, -0.2) is 0 Å². The van der Waals surface area contributed by atoms with Crippen molar-refractivity contribution in [2.45, 2.75) is 39.3 Å². The zero-order valence-corrected chi connectivity index (χ0v) is 13.1. The first-order chi connectivity index (χ1) is 8.87. The summed E-state index contributed by atoms with van der Waals surface area (Å²) in [7, 11) is 0. The highest BCUT2D eigenvalue weighted by Crippen LogP contribution is 2.18. The molecule has 4 heteroatoms. The Hall–Kier alpha value is -0.770. The van der Waals surface area contributed by atoms with Crippen LogP contribution in [0.3, 0.4) is 0 Å². The Bertz CT molecular complexity index is 377. The van der Waals surface area contributed by atoms with Gasteiger partial charge in [0.1, 0.15) is 11.9 Å². The lowest BCUT2D eigenvalue weighted by Crippen LogP contribution is -2.41. The molecule has 1 rings (SSSR count). The van der Waals surface area contributed by atoms with Crippen LogP contribution in [0.25, 0.3) is 0 Å². The molecule has 0 amide bonds. The van der Waals surface area contributed by atoms with E-state index in [1.807, 2.05) is 31.2 Å². The van der Waals surface area contributed by atoms with Crippen LogP contribution in [-0.2, 0) is 0 Å². The minimum Gasteiger partial charge on any atom is -0.489 e. The Balaban J connectivity index is 2.16. The Morgan fingerprint density at radius 2 is 2.00 bits per heavy atom. The normalized spacial score (nSPS) is 13.3. The van der Waals surface area contributed by atoms with Crippen molar-refractivity contribution >= 4 is 11.6 Å². The molecule has 1 unspecified atom stereocenters. The van der Waals surface area contributed by atoms with Gasteiger partial charge in [0.15, 0.2) is 0 Å². The predicted molar refractivity (Wildman–Crippen MR) is 82.2 cm³/mol. The van der Waals surface area contributed by atoms with E-state index in [0.717, 1.165) is 25.4 Å². The molecule has 1 aromatic rings. The highest BCUT2D eigenvalue weighted by Gasteiger charge is 2.08. The summed E-state index contributed by atoms with van der Waals surface area (Å²) in [6.45, 7) is 11.2. The molecule has 0 spiro atoms. The average Bonchev–Trinajstić information content (AvgIpc) is 2.26. The summed E-state index contributed by atoms with van der Waals surface area (Å²) in [5, 5.41) is 7.51. The highest BCUT2D eigenvalue weighted by atomic mass is 35.5. The third-order valence-electron chi connectivity index (χ3n) is 2.52. The number of halogens is 1. The lowest BCUT2D eigenvalue weighted by atomic mass is 10.1. The van der Waals surface area contributed by atoms with Gasteiger partial charge in [-0.15, -0.1) is 0 Å². The summed E-state index contributed by atoms with van der Waals surface area (Å²) in [4.78, 5) is 0. The molecule has 0 radical (unpaired) electrons. The second-order valence-electron chi connectivity index (χ2n) is 5.77. The molecule has 1 aromatic carbocycles. The summed E-state index contributed by atoms with van der Waals surface area (Å²) in [6.07, 6.45) is 0.119. The second kappa shape index (κ2) is 7.73. The van der Waals surface area contributed by atoms with Gasteiger partial charge >= 0.3 is 0 Å². The highest BCUT2D eigenvalue weighted by molar-refractivity contribution is 6.30. The third-order valence-corrected chi connectivity index (χ3v) is 2.76. The van der Waals surface area contributed by atoms with Crippen molar-refractivity contribution in [3.8, 4) is 5.75 Å². The van der Waals surface area contributed by atoms with Crippen molar-refractivity contribution in [3.63, 3.8) is 0 Å². The van der Waals surface area contributed by atoms with E-state index in [4.69, 9.17) is 16.3 Å². The molecule has 0 fully saturated rings. The Labute approximate surface area is 121 Å². The number of benzene rings is 1. The lowest BCUT2D eigenvalue weighted by Gasteiger charge is -2.21. The van der Waals surface area contributed by atoms with Crippen LogP contribution in [-0.4, -0.2) is 31.3 Å². The lowest BCUT2D eigenvalue weighted by molar-refractivity contribution is 0.217. The van der Waals surface area contributed by atoms with Gasteiger partial charge in [0, 0.05) is 30.2 Å². The van der Waals surface area contributed by atoms with Crippen LogP contribution in [0.5, 0.6) is 5.75 Å². The fourth-order valence-electron chi connectivity index (χ4n) is 1.65. The van der Waals surface area contributed by atoms with Gasteiger partial charge in [-0.1, -0.05) is 17.7 Å². The zero-order chi connectivity index (χ0) is 14.3. The van der Waals surface area contributed by atoms with Gasteiger partial charge in [0.25, 0.3) is 0 Å². The van der Waals surface area contributed by atoms with Crippen LogP contribution in [0.1, 0.15) is 27.7 Å². The van der Waals surface area contributed by atoms with Crippen molar-refractivity contribution in [2.24, 2.45) is 0 Å². The van der Waals surface area contributed by atoms with E-state index in [1.54, 1.807) is 0 Å². The van der Waals surface area contributed by atoms with Crippen LogP contribution in [0.2, 0.25) is 5.02 Å². The van der Waals surface area contributed by atoms with Crippen molar-refractivity contribution < 1.29 is 4.74 Å². The molecule has 0 aromatic heterocycles. The summed E-state index contributed by atoms with van der Waals surface area (Å²) in [6, 6.07) is 7.49. The van der Waals surface area contributed by atoms with Crippen molar-refractivity contribution in [1.29, 1.82) is 0 Å². The fourth-order valence-corrected chi connectivity index (χ4v) is 1.83. The Kier molecular flexibility index (Phi) is 6.63. The number of hydrogen-bond donors (Lipinski definition) is 2. The maximum atomic E-state index is 5.91. The van der Waals surface area contributed by atoms with Gasteiger partial charge in [0.05, 0.1) is 0 Å². The van der Waals surface area contributed by atoms with E-state index in [2.05, 4.69) is 31.4 Å². The van der Waals surface area contributed by atoms with E-state index < -0.39 is 0 Å². The van der Waals surface area contributed by atoms with E-state index in [9.17, 15) is 0 Å². The molecular weight excluding hydrogens is 260 g/mol. The molecule has 0 saturated heterocycles. The molecule has 0 aliphatic carbocycles. The average molecular weight is 285 g/mol. The van der Waals surface area contributed by atoms with E-state index in [1.165, 1.54) is 0 Å². The first-order valence-electron chi connectivity index (χ1n) is 6.75. The van der Waals surface area contributed by atoms with Gasteiger partial charge < -0.3 is 15.4 Å². The molecule has 1 atom stereocenters. The molecule has 19 heavy (non-hydrogen) atoms. The smallest absolute Gasteiger partial charge is 0.121 e. The van der Waals surface area contributed by atoms with Gasteiger partial charge in [-0.05, 0) is 45.9 Å². The van der Waals surface area contributed by atoms with Crippen molar-refractivity contribution in [1.82, 2.24) is 10.6 Å². The zero-order valence-electron chi connectivity index (χ0n) is 12.3. The standard InChI is InChI=1S/C15H25ClN2O/c1-12(11-17-8-9-18-15(2,3)4)19-14-7-5-6-13(16)10-14/h5-7,10,12,17-18H,8-9,11H2,1-4H3. The van der Waals surface area contributed by atoms with Crippen molar-refractivity contribution in [3.05, 3.63) is 29.3 Å². The molecule has 0 aliphatic rings. The predicted octanol–water partition coefficient (Wildman–Crippen LogP) is 3.09. The van der Waals surface area contributed by atoms with Crippen LogP contribution >= 0.6 is 11.6 Å². The molecular formula is C15H25ClN2O. The Morgan fingerprint density at radius 1 is 1.26 bits per heavy atom. The van der Waals surface area contributed by atoms with Crippen LogP contribution in [0, 0.1) is 0 Å². The minimum atomic E-state index is 0.119. The number of nitrogens with one attached hydrogen (secondary N) is 2. The van der Waals surface area contributed by atoms with Crippen LogP contribution in [0.4, 0.5) is 0 Å². The quantitative estimate of drug-likeness (QED) is 0.755. The molecule has 0 saturated carbocycles. The third kappa shape index (κ3) is 8.09. The van der Waals surface area contributed by atoms with Gasteiger partial charge in [0.2, 0.25) is 0 Å². The van der Waals surface area contributed by atoms with Gasteiger partial charge in [-0.2, -0.15) is 0 Å². The Morgan fingerprint density at radius 3 is 2.63 bits per heavy atom. The van der Waals surface area contributed by atoms with Crippen molar-refractivity contribution in [2.75, 3.05) is 19.6 Å². The molecule has 0 bridgehead atoms. The first-order valence-corrected chi connectivity index (χ1v) is 7.12. The maximum absolute atomic E-state index is 5.91. The van der Waals surface area contributed by atoms with E-state index in [-0.39, 0.29) is 11.6 Å². The first kappa shape index (κ1) is 16.3. The molecule has 0 aliphatic heterocycles. The fraction of sp³-hybridized carbons (Fsp3) is 0.600. The van der Waals surface area contributed by atoms with E-state index >= 15 is 0 Å². The van der Waals surface area contributed by atoms with Crippen LogP contribution in [0.15, 0.2) is 24.3 Å². The van der Waals surface area contributed by atoms with Gasteiger partial charge in [-0.3, -0.25) is 0 Å². The number of ether oxygens (including phenoxy) is 1. The molecule has 2 N–H and O–H groups in total. The summed E-state index contributed by atoms with van der Waals surface area (Å²) in [5.41, 5.74) is 0.171. The molecule has 0 heterocycles. The SMILES string of the molecule is CC(CNCCNC(C)(C)C)Oc1cccc(Cl)c1.